The molecule has 0 radical (unpaired) electrons. The van der Waals surface area contributed by atoms with Gasteiger partial charge in [0.15, 0.2) is 0 Å². The molecular formula is C12H24O2. The highest BCUT2D eigenvalue weighted by molar-refractivity contribution is 4.89. The van der Waals surface area contributed by atoms with E-state index in [4.69, 9.17) is 9.84 Å². The van der Waals surface area contributed by atoms with E-state index >= 15 is 0 Å². The molecule has 0 unspecified atom stereocenters. The molecule has 0 aliphatic carbocycles. The van der Waals surface area contributed by atoms with Crippen LogP contribution in [0.2, 0.25) is 0 Å². The molecular weight excluding hydrogens is 176 g/mol. The second-order valence-electron chi connectivity index (χ2n) is 5.20. The van der Waals surface area contributed by atoms with E-state index in [2.05, 4.69) is 27.7 Å². The molecule has 14 heavy (non-hydrogen) atoms. The SMILES string of the molecule is CC(C)C1(C(C)C)CC[C@@H](CO)OC1. The predicted octanol–water partition coefficient (Wildman–Crippen LogP) is 2.46. The third-order valence-corrected chi connectivity index (χ3v) is 4.02. The van der Waals surface area contributed by atoms with Gasteiger partial charge in [0.05, 0.1) is 19.3 Å². The fraction of sp³-hybridized carbons (Fsp3) is 1.00. The molecule has 1 atom stereocenters. The smallest absolute Gasteiger partial charge is 0.0806 e. The molecule has 0 bridgehead atoms. The van der Waals surface area contributed by atoms with Crippen LogP contribution in [0.3, 0.4) is 0 Å². The van der Waals surface area contributed by atoms with Gasteiger partial charge >= 0.3 is 0 Å². The molecule has 0 aromatic rings. The van der Waals surface area contributed by atoms with Crippen molar-refractivity contribution in [2.45, 2.75) is 46.6 Å². The predicted molar refractivity (Wildman–Crippen MR) is 58.2 cm³/mol. The van der Waals surface area contributed by atoms with E-state index in [-0.39, 0.29) is 12.7 Å². The number of rotatable bonds is 3. The maximum atomic E-state index is 9.01. The van der Waals surface area contributed by atoms with Gasteiger partial charge in [0.2, 0.25) is 0 Å². The Morgan fingerprint density at radius 1 is 1.29 bits per heavy atom. The minimum absolute atomic E-state index is 0.0839. The highest BCUT2D eigenvalue weighted by atomic mass is 16.5. The Morgan fingerprint density at radius 2 is 1.86 bits per heavy atom. The molecule has 1 N–H and O–H groups in total. The lowest BCUT2D eigenvalue weighted by Gasteiger charge is -2.46. The molecule has 0 saturated carbocycles. The number of aliphatic hydroxyl groups excluding tert-OH is 1. The van der Waals surface area contributed by atoms with Crippen LogP contribution in [0.1, 0.15) is 40.5 Å². The van der Waals surface area contributed by atoms with Gasteiger partial charge in [-0.15, -0.1) is 0 Å². The number of aliphatic hydroxyl groups is 1. The zero-order valence-corrected chi connectivity index (χ0v) is 9.92. The van der Waals surface area contributed by atoms with Crippen LogP contribution in [-0.2, 0) is 4.74 Å². The van der Waals surface area contributed by atoms with Crippen LogP contribution in [0.4, 0.5) is 0 Å². The molecule has 84 valence electrons. The fourth-order valence-electron chi connectivity index (χ4n) is 2.58. The number of ether oxygens (including phenoxy) is 1. The summed E-state index contributed by atoms with van der Waals surface area (Å²) in [5.74, 6) is 1.31. The average Bonchev–Trinajstić information content (AvgIpc) is 2.17. The second-order valence-corrected chi connectivity index (χ2v) is 5.20. The molecule has 0 aromatic heterocycles. The molecule has 1 saturated heterocycles. The van der Waals surface area contributed by atoms with Crippen molar-refractivity contribution in [1.29, 1.82) is 0 Å². The monoisotopic (exact) mass is 200 g/mol. The molecule has 2 nitrogen and oxygen atoms in total. The standard InChI is InChI=1S/C12H24O2/c1-9(2)12(10(3)4)6-5-11(7-13)14-8-12/h9-11,13H,5-8H2,1-4H3/t11-/m0/s1. The van der Waals surface area contributed by atoms with Crippen molar-refractivity contribution in [2.75, 3.05) is 13.2 Å². The summed E-state index contributed by atoms with van der Waals surface area (Å²) in [6.07, 6.45) is 2.28. The number of hydrogen-bond donors (Lipinski definition) is 1. The van der Waals surface area contributed by atoms with Gasteiger partial charge in [-0.05, 0) is 30.1 Å². The normalized spacial score (nSPS) is 27.2. The first-order valence-corrected chi connectivity index (χ1v) is 5.75. The molecule has 1 heterocycles. The molecule has 1 aliphatic heterocycles. The molecule has 0 spiro atoms. The van der Waals surface area contributed by atoms with Crippen molar-refractivity contribution in [1.82, 2.24) is 0 Å². The minimum atomic E-state index is 0.0839. The quantitative estimate of drug-likeness (QED) is 0.758. The van der Waals surface area contributed by atoms with Crippen LogP contribution in [0.15, 0.2) is 0 Å². The van der Waals surface area contributed by atoms with Crippen LogP contribution >= 0.6 is 0 Å². The van der Waals surface area contributed by atoms with Crippen LogP contribution in [0, 0.1) is 17.3 Å². The highest BCUT2D eigenvalue weighted by Gasteiger charge is 2.40. The third-order valence-electron chi connectivity index (χ3n) is 4.02. The van der Waals surface area contributed by atoms with Gasteiger partial charge in [0.1, 0.15) is 0 Å². The van der Waals surface area contributed by atoms with Gasteiger partial charge in [0, 0.05) is 0 Å². The summed E-state index contributed by atoms with van der Waals surface area (Å²) in [7, 11) is 0. The van der Waals surface area contributed by atoms with E-state index in [0.717, 1.165) is 13.0 Å². The summed E-state index contributed by atoms with van der Waals surface area (Å²) in [5, 5.41) is 9.01. The zero-order valence-electron chi connectivity index (χ0n) is 9.92. The van der Waals surface area contributed by atoms with Gasteiger partial charge in [-0.25, -0.2) is 0 Å². The van der Waals surface area contributed by atoms with Gasteiger partial charge in [-0.3, -0.25) is 0 Å². The van der Waals surface area contributed by atoms with Crippen molar-refractivity contribution >= 4 is 0 Å². The maximum absolute atomic E-state index is 9.01. The Kier molecular flexibility index (Phi) is 3.96. The van der Waals surface area contributed by atoms with E-state index in [9.17, 15) is 0 Å². The third kappa shape index (κ3) is 2.12. The fourth-order valence-corrected chi connectivity index (χ4v) is 2.58. The maximum Gasteiger partial charge on any atom is 0.0806 e. The molecule has 2 heteroatoms. The summed E-state index contributed by atoms with van der Waals surface area (Å²) in [4.78, 5) is 0. The van der Waals surface area contributed by atoms with Crippen molar-refractivity contribution in [3.63, 3.8) is 0 Å². The van der Waals surface area contributed by atoms with E-state index in [0.29, 0.717) is 17.3 Å². The summed E-state index contributed by atoms with van der Waals surface area (Å²) >= 11 is 0. The van der Waals surface area contributed by atoms with Crippen molar-refractivity contribution in [3.8, 4) is 0 Å². The van der Waals surface area contributed by atoms with Crippen molar-refractivity contribution in [2.24, 2.45) is 17.3 Å². The first-order valence-electron chi connectivity index (χ1n) is 5.75. The van der Waals surface area contributed by atoms with Gasteiger partial charge in [-0.1, -0.05) is 27.7 Å². The van der Waals surface area contributed by atoms with E-state index < -0.39 is 0 Å². The Bertz CT molecular complexity index is 157. The largest absolute Gasteiger partial charge is 0.394 e. The van der Waals surface area contributed by atoms with Crippen LogP contribution in [0.5, 0.6) is 0 Å². The Hall–Kier alpha value is -0.0800. The van der Waals surface area contributed by atoms with E-state index in [1.54, 1.807) is 0 Å². The lowest BCUT2D eigenvalue weighted by Crippen LogP contribution is -2.44. The second kappa shape index (κ2) is 4.63. The molecule has 0 aromatic carbocycles. The topological polar surface area (TPSA) is 29.5 Å². The van der Waals surface area contributed by atoms with Gasteiger partial charge in [0.25, 0.3) is 0 Å². The highest BCUT2D eigenvalue weighted by Crippen LogP contribution is 2.43. The lowest BCUT2D eigenvalue weighted by atomic mass is 9.65. The van der Waals surface area contributed by atoms with E-state index in [1.807, 2.05) is 0 Å². The Morgan fingerprint density at radius 3 is 2.14 bits per heavy atom. The van der Waals surface area contributed by atoms with E-state index in [1.165, 1.54) is 6.42 Å². The van der Waals surface area contributed by atoms with Crippen molar-refractivity contribution in [3.05, 3.63) is 0 Å². The summed E-state index contributed by atoms with van der Waals surface area (Å²) < 4.78 is 5.72. The molecule has 1 aliphatic rings. The molecule has 1 fully saturated rings. The first-order chi connectivity index (χ1) is 6.53. The summed E-state index contributed by atoms with van der Waals surface area (Å²) in [5.41, 5.74) is 0.325. The van der Waals surface area contributed by atoms with Gasteiger partial charge < -0.3 is 9.84 Å². The number of hydrogen-bond acceptors (Lipinski definition) is 2. The summed E-state index contributed by atoms with van der Waals surface area (Å²) in [6.45, 7) is 10.1. The first kappa shape index (κ1) is 12.0. The Labute approximate surface area is 87.7 Å². The average molecular weight is 200 g/mol. The zero-order chi connectivity index (χ0) is 10.8. The van der Waals surface area contributed by atoms with Crippen molar-refractivity contribution < 1.29 is 9.84 Å². The van der Waals surface area contributed by atoms with Crippen LogP contribution in [0.25, 0.3) is 0 Å². The summed E-state index contributed by atoms with van der Waals surface area (Å²) in [6, 6.07) is 0. The minimum Gasteiger partial charge on any atom is -0.394 e. The van der Waals surface area contributed by atoms with Crippen LogP contribution < -0.4 is 0 Å². The van der Waals surface area contributed by atoms with Crippen LogP contribution in [-0.4, -0.2) is 24.4 Å². The molecule has 0 amide bonds. The molecule has 1 rings (SSSR count). The lowest BCUT2D eigenvalue weighted by molar-refractivity contribution is -0.116. The van der Waals surface area contributed by atoms with Gasteiger partial charge in [-0.2, -0.15) is 0 Å². The Balaban J connectivity index is 2.65.